The lowest BCUT2D eigenvalue weighted by atomic mass is 9.73. The number of aromatic nitrogens is 3. The van der Waals surface area contributed by atoms with Crippen molar-refractivity contribution in [2.24, 2.45) is 5.41 Å². The Bertz CT molecular complexity index is 1580. The van der Waals surface area contributed by atoms with Crippen LogP contribution in [0.2, 0.25) is 0 Å². The number of fused-ring (bicyclic) bond motifs is 2. The number of nitrogens with zero attached hydrogens (tertiary/aromatic N) is 4. The van der Waals surface area contributed by atoms with E-state index in [2.05, 4.69) is 28.2 Å². The molecule has 3 aromatic heterocycles. The number of ether oxygens (including phenoxy) is 2. The molecule has 0 radical (unpaired) electrons. The first-order chi connectivity index (χ1) is 19.2. The fourth-order valence-electron chi connectivity index (χ4n) is 5.81. The zero-order chi connectivity index (χ0) is 28.1. The van der Waals surface area contributed by atoms with Crippen LogP contribution in [0.3, 0.4) is 0 Å². The van der Waals surface area contributed by atoms with Crippen molar-refractivity contribution in [2.75, 3.05) is 24.6 Å². The molecule has 3 atom stereocenters. The summed E-state index contributed by atoms with van der Waals surface area (Å²) in [4.78, 5) is 38.1. The third-order valence-electron chi connectivity index (χ3n) is 7.66. The van der Waals surface area contributed by atoms with Crippen LogP contribution in [-0.2, 0) is 9.47 Å². The number of carbonyl (C=O) groups excluding carboxylic acids is 2. The van der Waals surface area contributed by atoms with Crippen LogP contribution in [0.5, 0.6) is 0 Å². The van der Waals surface area contributed by atoms with E-state index in [0.717, 1.165) is 57.1 Å². The van der Waals surface area contributed by atoms with Gasteiger partial charge in [0.25, 0.3) is 0 Å². The summed E-state index contributed by atoms with van der Waals surface area (Å²) in [6, 6.07) is 5.86. The molecular weight excluding hydrogens is 546 g/mol. The summed E-state index contributed by atoms with van der Waals surface area (Å²) in [6.45, 7) is 9.70. The molecule has 1 aromatic carbocycles. The van der Waals surface area contributed by atoms with Gasteiger partial charge in [0, 0.05) is 63.0 Å². The predicted octanol–water partition coefficient (Wildman–Crippen LogP) is 5.81. The van der Waals surface area contributed by atoms with Crippen LogP contribution in [0, 0.1) is 5.41 Å². The molecule has 11 heteroatoms. The van der Waals surface area contributed by atoms with Crippen LogP contribution in [0.4, 0.5) is 10.7 Å². The molecule has 0 aliphatic carbocycles. The van der Waals surface area contributed by atoms with Crippen molar-refractivity contribution < 1.29 is 19.1 Å². The maximum atomic E-state index is 12.9. The minimum absolute atomic E-state index is 0.142. The molecule has 4 aromatic rings. The standard InChI is InChI=1S/C29H33N5O4S2/c1-18-12-29(17-37-18)8-10-33(14-23(29)32-27(36)38-28(2,3)4)26-31-13-22(25-30-9-11-34(25)26)40-21-7-5-6-20-19(15-35)16-39-24(20)21/h5-7,9,11,13,15-16,18,23H,8,10,12,14,17H2,1-4H3,(H,32,36)/t18-,23?,29?/m0/s1. The molecule has 2 saturated heterocycles. The van der Waals surface area contributed by atoms with Gasteiger partial charge >= 0.3 is 6.09 Å². The highest BCUT2D eigenvalue weighted by Gasteiger charge is 2.49. The molecule has 6 rings (SSSR count). The summed E-state index contributed by atoms with van der Waals surface area (Å²) < 4.78 is 14.7. The monoisotopic (exact) mass is 579 g/mol. The van der Waals surface area contributed by atoms with E-state index in [1.165, 1.54) is 0 Å². The Kier molecular flexibility index (Phi) is 7.00. The van der Waals surface area contributed by atoms with Crippen molar-refractivity contribution in [3.8, 4) is 0 Å². The van der Waals surface area contributed by atoms with E-state index in [0.29, 0.717) is 18.7 Å². The molecule has 1 amide bonds. The molecule has 0 bridgehead atoms. The summed E-state index contributed by atoms with van der Waals surface area (Å²) in [5.74, 6) is 0.784. The minimum atomic E-state index is -0.578. The number of hydrogen-bond donors (Lipinski definition) is 1. The number of aldehydes is 1. The highest BCUT2D eigenvalue weighted by atomic mass is 32.2. The molecule has 1 N–H and O–H groups in total. The number of thiophene rings is 1. The van der Waals surface area contributed by atoms with Crippen LogP contribution in [0.1, 0.15) is 50.9 Å². The molecule has 2 unspecified atom stereocenters. The van der Waals surface area contributed by atoms with Crippen LogP contribution in [-0.4, -0.2) is 64.2 Å². The van der Waals surface area contributed by atoms with Crippen LogP contribution in [0.25, 0.3) is 15.7 Å². The van der Waals surface area contributed by atoms with Crippen molar-refractivity contribution in [1.29, 1.82) is 0 Å². The van der Waals surface area contributed by atoms with Gasteiger partial charge in [-0.15, -0.1) is 11.3 Å². The number of anilines is 1. The van der Waals surface area contributed by atoms with Gasteiger partial charge in [-0.2, -0.15) is 0 Å². The van der Waals surface area contributed by atoms with Gasteiger partial charge in [0.1, 0.15) is 5.60 Å². The second kappa shape index (κ2) is 10.4. The molecule has 210 valence electrons. The molecule has 2 fully saturated rings. The molecule has 1 spiro atoms. The molecule has 40 heavy (non-hydrogen) atoms. The van der Waals surface area contributed by atoms with Crippen LogP contribution < -0.4 is 10.2 Å². The summed E-state index contributed by atoms with van der Waals surface area (Å²) in [5.41, 5.74) is 0.803. The zero-order valence-corrected chi connectivity index (χ0v) is 24.7. The first-order valence-electron chi connectivity index (χ1n) is 13.5. The zero-order valence-electron chi connectivity index (χ0n) is 23.0. The van der Waals surface area contributed by atoms with Gasteiger partial charge in [-0.1, -0.05) is 23.9 Å². The van der Waals surface area contributed by atoms with Gasteiger partial charge in [0.05, 0.1) is 23.6 Å². The van der Waals surface area contributed by atoms with E-state index >= 15 is 0 Å². The molecule has 9 nitrogen and oxygen atoms in total. The SMILES string of the molecule is C[C@H]1CC2(CCN(c3ncc(Sc4cccc5c(C=O)csc45)c4nccn34)CC2NC(=O)OC(C)(C)C)CO1. The van der Waals surface area contributed by atoms with Gasteiger partial charge in [-0.05, 0) is 46.6 Å². The van der Waals surface area contributed by atoms with Gasteiger partial charge in [0.15, 0.2) is 11.9 Å². The second-order valence-corrected chi connectivity index (χ2v) is 13.6. The first kappa shape index (κ1) is 27.0. The van der Waals surface area contributed by atoms with Crippen molar-refractivity contribution in [3.63, 3.8) is 0 Å². The lowest BCUT2D eigenvalue weighted by Crippen LogP contribution is -2.60. The van der Waals surface area contributed by atoms with Gasteiger partial charge in [0.2, 0.25) is 5.95 Å². The predicted molar refractivity (Wildman–Crippen MR) is 157 cm³/mol. The highest BCUT2D eigenvalue weighted by molar-refractivity contribution is 8.00. The highest BCUT2D eigenvalue weighted by Crippen LogP contribution is 2.44. The smallest absolute Gasteiger partial charge is 0.407 e. The third kappa shape index (κ3) is 5.06. The number of alkyl carbamates (subject to hydrolysis) is 1. The Morgan fingerprint density at radius 3 is 2.90 bits per heavy atom. The largest absolute Gasteiger partial charge is 0.444 e. The van der Waals surface area contributed by atoms with E-state index in [1.807, 2.05) is 55.1 Å². The number of benzene rings is 1. The topological polar surface area (TPSA) is 98.1 Å². The average molecular weight is 580 g/mol. The Morgan fingerprint density at radius 2 is 2.15 bits per heavy atom. The fourth-order valence-corrected chi connectivity index (χ4v) is 7.94. The van der Waals surface area contributed by atoms with Crippen molar-refractivity contribution >= 4 is 57.2 Å². The Hall–Kier alpha value is -3.15. The minimum Gasteiger partial charge on any atom is -0.444 e. The average Bonchev–Trinajstić information content (AvgIpc) is 3.64. The van der Waals surface area contributed by atoms with E-state index in [-0.39, 0.29) is 17.6 Å². The second-order valence-electron chi connectivity index (χ2n) is 11.7. The molecular formula is C29H33N5O4S2. The third-order valence-corrected chi connectivity index (χ3v) is 9.90. The van der Waals surface area contributed by atoms with Gasteiger partial charge < -0.3 is 19.7 Å². The number of nitrogens with one attached hydrogen (secondary N) is 1. The van der Waals surface area contributed by atoms with Crippen LogP contribution >= 0.6 is 23.1 Å². The lowest BCUT2D eigenvalue weighted by molar-refractivity contribution is 0.0385. The van der Waals surface area contributed by atoms with E-state index in [4.69, 9.17) is 14.5 Å². The number of rotatable bonds is 5. The molecule has 5 heterocycles. The Balaban J connectivity index is 1.29. The molecule has 0 saturated carbocycles. The molecule has 2 aliphatic heterocycles. The molecule has 2 aliphatic rings. The number of amides is 1. The van der Waals surface area contributed by atoms with Crippen molar-refractivity contribution in [2.45, 2.75) is 68.1 Å². The van der Waals surface area contributed by atoms with Crippen LogP contribution in [0.15, 0.2) is 52.0 Å². The number of carbonyl (C=O) groups is 2. The van der Waals surface area contributed by atoms with E-state index < -0.39 is 11.7 Å². The first-order valence-corrected chi connectivity index (χ1v) is 15.2. The Labute approximate surface area is 241 Å². The van der Waals surface area contributed by atoms with E-state index in [9.17, 15) is 9.59 Å². The number of piperidine rings is 1. The van der Waals surface area contributed by atoms with Gasteiger partial charge in [-0.3, -0.25) is 9.20 Å². The fraction of sp³-hybridized carbons (Fsp3) is 0.448. The summed E-state index contributed by atoms with van der Waals surface area (Å²) in [7, 11) is 0. The van der Waals surface area contributed by atoms with Gasteiger partial charge in [-0.25, -0.2) is 14.8 Å². The maximum absolute atomic E-state index is 12.9. The summed E-state index contributed by atoms with van der Waals surface area (Å²) in [5, 5.41) is 6.04. The number of hydrogen-bond acceptors (Lipinski definition) is 9. The van der Waals surface area contributed by atoms with Crippen molar-refractivity contribution in [1.82, 2.24) is 19.7 Å². The summed E-state index contributed by atoms with van der Waals surface area (Å²) in [6.07, 6.45) is 8.00. The van der Waals surface area contributed by atoms with Crippen molar-refractivity contribution in [3.05, 3.63) is 47.7 Å². The normalized spacial score (nSPS) is 23.2. The maximum Gasteiger partial charge on any atom is 0.407 e. The number of imidazole rings is 1. The Morgan fingerprint density at radius 1 is 1.30 bits per heavy atom. The lowest BCUT2D eigenvalue weighted by Gasteiger charge is -2.45. The van der Waals surface area contributed by atoms with E-state index in [1.54, 1.807) is 29.3 Å². The summed E-state index contributed by atoms with van der Waals surface area (Å²) >= 11 is 3.17. The quantitative estimate of drug-likeness (QED) is 0.296.